The largest absolute Gasteiger partial charge is 0.481 e. The molecule has 0 aromatic carbocycles. The fraction of sp³-hybridized carbons (Fsp3) is 0.333. The predicted molar refractivity (Wildman–Crippen MR) is 53.8 cm³/mol. The summed E-state index contributed by atoms with van der Waals surface area (Å²) in [5.41, 5.74) is 1.99. The maximum absolute atomic E-state index is 10.4. The standard InChI is InChI=1S/C9H10N2O2S/c1-6-5-14-9-10-7(4-11(6)9)2-3-8(12)13/h4-5H,2-3H2,1H3,(H,12,13). The van der Waals surface area contributed by atoms with E-state index in [-0.39, 0.29) is 6.42 Å². The molecule has 2 aromatic rings. The smallest absolute Gasteiger partial charge is 0.303 e. The van der Waals surface area contributed by atoms with Crippen molar-refractivity contribution in [1.29, 1.82) is 0 Å². The number of hydrogen-bond donors (Lipinski definition) is 1. The molecule has 0 aliphatic heterocycles. The molecule has 74 valence electrons. The lowest BCUT2D eigenvalue weighted by atomic mass is 10.2. The number of rotatable bonds is 3. The Balaban J connectivity index is 2.23. The van der Waals surface area contributed by atoms with Crippen molar-refractivity contribution in [2.24, 2.45) is 0 Å². The van der Waals surface area contributed by atoms with Gasteiger partial charge in [0.15, 0.2) is 4.96 Å². The molecule has 0 unspecified atom stereocenters. The lowest BCUT2D eigenvalue weighted by molar-refractivity contribution is -0.136. The first-order chi connectivity index (χ1) is 6.66. The maximum Gasteiger partial charge on any atom is 0.303 e. The van der Waals surface area contributed by atoms with E-state index in [0.717, 1.165) is 16.3 Å². The van der Waals surface area contributed by atoms with Crippen molar-refractivity contribution in [1.82, 2.24) is 9.38 Å². The molecule has 0 atom stereocenters. The lowest BCUT2D eigenvalue weighted by Crippen LogP contribution is -1.97. The maximum atomic E-state index is 10.4. The van der Waals surface area contributed by atoms with E-state index < -0.39 is 5.97 Å². The topological polar surface area (TPSA) is 54.6 Å². The minimum atomic E-state index is -0.780. The lowest BCUT2D eigenvalue weighted by Gasteiger charge is -1.90. The molecule has 4 nitrogen and oxygen atoms in total. The highest BCUT2D eigenvalue weighted by atomic mass is 32.1. The van der Waals surface area contributed by atoms with Crippen molar-refractivity contribution >= 4 is 22.3 Å². The first-order valence-electron chi connectivity index (χ1n) is 4.30. The van der Waals surface area contributed by atoms with E-state index in [0.29, 0.717) is 6.42 Å². The number of nitrogens with zero attached hydrogens (tertiary/aromatic N) is 2. The van der Waals surface area contributed by atoms with Crippen LogP contribution in [0, 0.1) is 6.92 Å². The van der Waals surface area contributed by atoms with Crippen LogP contribution in [0.25, 0.3) is 4.96 Å². The normalized spacial score (nSPS) is 10.9. The second kappa shape index (κ2) is 3.42. The van der Waals surface area contributed by atoms with Gasteiger partial charge in [-0.05, 0) is 6.92 Å². The number of carbonyl (C=O) groups is 1. The Morgan fingerprint density at radius 3 is 3.14 bits per heavy atom. The zero-order chi connectivity index (χ0) is 10.1. The van der Waals surface area contributed by atoms with Crippen molar-refractivity contribution in [3.8, 4) is 0 Å². The Morgan fingerprint density at radius 1 is 1.71 bits per heavy atom. The van der Waals surface area contributed by atoms with E-state index in [4.69, 9.17) is 5.11 Å². The first kappa shape index (κ1) is 9.21. The Bertz CT molecular complexity index is 472. The molecule has 2 heterocycles. The van der Waals surface area contributed by atoms with Gasteiger partial charge in [0.05, 0.1) is 12.1 Å². The molecule has 1 N–H and O–H groups in total. The van der Waals surface area contributed by atoms with E-state index in [2.05, 4.69) is 4.98 Å². The summed E-state index contributed by atoms with van der Waals surface area (Å²) in [6.45, 7) is 2.01. The van der Waals surface area contributed by atoms with E-state index in [9.17, 15) is 4.79 Å². The molecule has 0 radical (unpaired) electrons. The second-order valence-corrected chi connectivity index (χ2v) is 3.99. The first-order valence-corrected chi connectivity index (χ1v) is 5.18. The van der Waals surface area contributed by atoms with Crippen molar-refractivity contribution < 1.29 is 9.90 Å². The molecule has 0 aliphatic rings. The Kier molecular flexibility index (Phi) is 2.25. The summed E-state index contributed by atoms with van der Waals surface area (Å²) < 4.78 is 1.99. The molecule has 0 amide bonds. The van der Waals surface area contributed by atoms with Crippen molar-refractivity contribution in [2.75, 3.05) is 0 Å². The fourth-order valence-corrected chi connectivity index (χ4v) is 2.17. The molecule has 0 spiro atoms. The van der Waals surface area contributed by atoms with Gasteiger partial charge in [0.2, 0.25) is 0 Å². The molecule has 0 saturated heterocycles. The molecule has 14 heavy (non-hydrogen) atoms. The number of thiazole rings is 1. The highest BCUT2D eigenvalue weighted by Gasteiger charge is 2.06. The second-order valence-electron chi connectivity index (χ2n) is 3.16. The minimum absolute atomic E-state index is 0.143. The van der Waals surface area contributed by atoms with Crippen LogP contribution in [0.2, 0.25) is 0 Å². The molecule has 0 aliphatic carbocycles. The number of aromatic nitrogens is 2. The summed E-state index contributed by atoms with van der Waals surface area (Å²) in [7, 11) is 0. The number of hydrogen-bond acceptors (Lipinski definition) is 3. The van der Waals surface area contributed by atoms with Gasteiger partial charge in [-0.1, -0.05) is 0 Å². The average molecular weight is 210 g/mol. The number of aryl methyl sites for hydroxylation is 2. The number of carboxylic acid groups (broad SMARTS) is 1. The molecule has 0 saturated carbocycles. The number of imidazole rings is 1. The van der Waals surface area contributed by atoms with Gasteiger partial charge in [0.25, 0.3) is 0 Å². The van der Waals surface area contributed by atoms with Gasteiger partial charge in [-0.15, -0.1) is 11.3 Å². The molecule has 2 rings (SSSR count). The van der Waals surface area contributed by atoms with Gasteiger partial charge in [-0.3, -0.25) is 9.20 Å². The number of fused-ring (bicyclic) bond motifs is 1. The van der Waals surface area contributed by atoms with Gasteiger partial charge in [0.1, 0.15) is 0 Å². The van der Waals surface area contributed by atoms with Gasteiger partial charge in [0, 0.05) is 23.7 Å². The van der Waals surface area contributed by atoms with Crippen LogP contribution in [0.5, 0.6) is 0 Å². The van der Waals surface area contributed by atoms with Crippen LogP contribution in [0.15, 0.2) is 11.6 Å². The van der Waals surface area contributed by atoms with Crippen LogP contribution in [0.1, 0.15) is 17.8 Å². The Labute approximate surface area is 84.8 Å². The quantitative estimate of drug-likeness (QED) is 0.839. The zero-order valence-electron chi connectivity index (χ0n) is 7.73. The van der Waals surface area contributed by atoms with E-state index in [1.807, 2.05) is 22.9 Å². The third-order valence-electron chi connectivity index (χ3n) is 2.03. The summed E-state index contributed by atoms with van der Waals surface area (Å²) in [6.07, 6.45) is 2.55. The molecular weight excluding hydrogens is 200 g/mol. The molecule has 0 bridgehead atoms. The Hall–Kier alpha value is -1.36. The molecule has 5 heteroatoms. The third-order valence-corrected chi connectivity index (χ3v) is 2.99. The Morgan fingerprint density at radius 2 is 2.50 bits per heavy atom. The van der Waals surface area contributed by atoms with E-state index in [1.165, 1.54) is 0 Å². The summed E-state index contributed by atoms with van der Waals surface area (Å²) in [4.78, 5) is 15.6. The van der Waals surface area contributed by atoms with Crippen LogP contribution in [0.4, 0.5) is 0 Å². The summed E-state index contributed by atoms with van der Waals surface area (Å²) in [5.74, 6) is -0.780. The van der Waals surface area contributed by atoms with E-state index in [1.54, 1.807) is 11.3 Å². The zero-order valence-corrected chi connectivity index (χ0v) is 8.54. The number of aliphatic carboxylic acids is 1. The molecule has 0 fully saturated rings. The summed E-state index contributed by atoms with van der Waals surface area (Å²) >= 11 is 1.57. The van der Waals surface area contributed by atoms with E-state index >= 15 is 0 Å². The van der Waals surface area contributed by atoms with Crippen LogP contribution < -0.4 is 0 Å². The molecule has 2 aromatic heterocycles. The predicted octanol–water partition coefficient (Wildman–Crippen LogP) is 1.72. The van der Waals surface area contributed by atoms with Gasteiger partial charge >= 0.3 is 5.97 Å². The third kappa shape index (κ3) is 1.63. The van der Waals surface area contributed by atoms with Crippen molar-refractivity contribution in [3.63, 3.8) is 0 Å². The monoisotopic (exact) mass is 210 g/mol. The van der Waals surface area contributed by atoms with Crippen LogP contribution in [-0.2, 0) is 11.2 Å². The van der Waals surface area contributed by atoms with Crippen molar-refractivity contribution in [2.45, 2.75) is 19.8 Å². The minimum Gasteiger partial charge on any atom is -0.481 e. The van der Waals surface area contributed by atoms with Gasteiger partial charge in [-0.2, -0.15) is 0 Å². The average Bonchev–Trinajstić information content (AvgIpc) is 2.65. The van der Waals surface area contributed by atoms with Gasteiger partial charge in [-0.25, -0.2) is 4.98 Å². The fourth-order valence-electron chi connectivity index (χ4n) is 1.30. The number of carboxylic acids is 1. The summed E-state index contributed by atoms with van der Waals surface area (Å²) in [6, 6.07) is 0. The van der Waals surface area contributed by atoms with Crippen molar-refractivity contribution in [3.05, 3.63) is 23.0 Å². The SMILES string of the molecule is Cc1csc2nc(CCC(=O)O)cn12. The van der Waals surface area contributed by atoms with Gasteiger partial charge < -0.3 is 5.11 Å². The highest BCUT2D eigenvalue weighted by molar-refractivity contribution is 7.15. The van der Waals surface area contributed by atoms with Crippen LogP contribution in [0.3, 0.4) is 0 Å². The molecular formula is C9H10N2O2S. The highest BCUT2D eigenvalue weighted by Crippen LogP contribution is 2.16. The van der Waals surface area contributed by atoms with Crippen LogP contribution in [-0.4, -0.2) is 20.5 Å². The van der Waals surface area contributed by atoms with Crippen LogP contribution >= 0.6 is 11.3 Å². The summed E-state index contributed by atoms with van der Waals surface area (Å²) in [5, 5.41) is 10.6.